The van der Waals surface area contributed by atoms with Crippen LogP contribution in [0.2, 0.25) is 0 Å². The minimum atomic E-state index is -2.90. The lowest BCUT2D eigenvalue weighted by Gasteiger charge is -2.25. The summed E-state index contributed by atoms with van der Waals surface area (Å²) in [5, 5.41) is 11.4. The van der Waals surface area contributed by atoms with Crippen molar-refractivity contribution in [3.63, 3.8) is 0 Å². The first-order valence-electron chi connectivity index (χ1n) is 10.1. The van der Waals surface area contributed by atoms with Crippen molar-refractivity contribution < 1.29 is 23.0 Å². The molecular weight excluding hydrogens is 408 g/mol. The predicted octanol–water partition coefficient (Wildman–Crippen LogP) is 3.90. The molecule has 0 atom stereocenters. The van der Waals surface area contributed by atoms with E-state index in [0.29, 0.717) is 42.3 Å². The Morgan fingerprint density at radius 2 is 2.00 bits per heavy atom. The molecule has 1 fully saturated rings. The van der Waals surface area contributed by atoms with Gasteiger partial charge in [0.1, 0.15) is 5.75 Å². The van der Waals surface area contributed by atoms with Gasteiger partial charge in [-0.1, -0.05) is 0 Å². The molecule has 1 saturated heterocycles. The van der Waals surface area contributed by atoms with Crippen LogP contribution in [0.25, 0.3) is 11.0 Å². The summed E-state index contributed by atoms with van der Waals surface area (Å²) in [5.74, 6) is -0.347. The number of alkyl halides is 2. The minimum Gasteiger partial charge on any atom is -0.435 e. The smallest absolute Gasteiger partial charge is 0.387 e. The second kappa shape index (κ2) is 9.25. The summed E-state index contributed by atoms with van der Waals surface area (Å²) >= 11 is 0. The number of anilines is 2. The Bertz CT molecular complexity index is 1050. The highest BCUT2D eigenvalue weighted by atomic mass is 19.3. The van der Waals surface area contributed by atoms with Crippen LogP contribution in [0, 0.1) is 0 Å². The van der Waals surface area contributed by atoms with Gasteiger partial charge in [-0.05, 0) is 44.0 Å². The molecule has 2 N–H and O–H groups in total. The molecule has 164 valence electrons. The Morgan fingerprint density at radius 1 is 1.26 bits per heavy atom. The molecule has 0 radical (unpaired) electrons. The Labute approximate surface area is 177 Å². The number of hydrogen-bond donors (Lipinski definition) is 2. The number of pyridine rings is 1. The summed E-state index contributed by atoms with van der Waals surface area (Å²) in [6, 6.07) is 5.91. The summed E-state index contributed by atoms with van der Waals surface area (Å²) in [6.45, 7) is 1.05. The van der Waals surface area contributed by atoms with Crippen LogP contribution in [-0.2, 0) is 11.3 Å². The number of carbonyl (C=O) groups is 1. The Kier molecular flexibility index (Phi) is 6.26. The third kappa shape index (κ3) is 4.74. The van der Waals surface area contributed by atoms with Gasteiger partial charge in [-0.3, -0.25) is 4.79 Å². The maximum absolute atomic E-state index is 13.1. The van der Waals surface area contributed by atoms with Gasteiger partial charge in [0.15, 0.2) is 5.65 Å². The first-order chi connectivity index (χ1) is 15.0. The lowest BCUT2D eigenvalue weighted by Crippen LogP contribution is -2.29. The van der Waals surface area contributed by atoms with Crippen LogP contribution in [0.1, 0.15) is 30.1 Å². The number of carbonyl (C=O) groups excluding carboxylic acids is 1. The molecule has 0 spiro atoms. The van der Waals surface area contributed by atoms with Crippen molar-refractivity contribution in [3.05, 3.63) is 42.2 Å². The number of aryl methyl sites for hydroxylation is 1. The minimum absolute atomic E-state index is 0.0185. The van der Waals surface area contributed by atoms with Gasteiger partial charge in [-0.15, -0.1) is 0 Å². The van der Waals surface area contributed by atoms with E-state index in [1.54, 1.807) is 10.9 Å². The standard InChI is InChI=1S/C21H23F2N5O3/c1-2-28-19-16(12-25-28)18(26-14-7-9-30-10-8-14)17(11-24-19)20(29)27-13-3-5-15(6-4-13)31-21(22)23/h3-6,11-12,14,21H,2,7-10H2,1H3,(H,24,26)(H,27,29). The van der Waals surface area contributed by atoms with Crippen molar-refractivity contribution >= 4 is 28.3 Å². The van der Waals surface area contributed by atoms with Gasteiger partial charge in [-0.2, -0.15) is 13.9 Å². The summed E-state index contributed by atoms with van der Waals surface area (Å²) in [5.41, 5.74) is 2.20. The quantitative estimate of drug-likeness (QED) is 0.590. The highest BCUT2D eigenvalue weighted by molar-refractivity contribution is 6.12. The molecule has 1 aliphatic rings. The maximum Gasteiger partial charge on any atom is 0.387 e. The van der Waals surface area contributed by atoms with Crippen molar-refractivity contribution in [1.29, 1.82) is 0 Å². The molecule has 31 heavy (non-hydrogen) atoms. The molecule has 3 heterocycles. The number of nitrogens with one attached hydrogen (secondary N) is 2. The Balaban J connectivity index is 1.62. The molecule has 1 aromatic carbocycles. The van der Waals surface area contributed by atoms with Crippen LogP contribution in [0.4, 0.5) is 20.2 Å². The second-order valence-electron chi connectivity index (χ2n) is 7.13. The largest absolute Gasteiger partial charge is 0.435 e. The number of halogens is 2. The van der Waals surface area contributed by atoms with Crippen molar-refractivity contribution in [3.8, 4) is 5.75 Å². The Hall–Kier alpha value is -3.27. The van der Waals surface area contributed by atoms with Gasteiger partial charge in [0, 0.05) is 37.7 Å². The van der Waals surface area contributed by atoms with Gasteiger partial charge in [0.2, 0.25) is 0 Å². The zero-order chi connectivity index (χ0) is 21.8. The van der Waals surface area contributed by atoms with E-state index in [1.807, 2.05) is 6.92 Å². The fourth-order valence-corrected chi connectivity index (χ4v) is 3.55. The van der Waals surface area contributed by atoms with Crippen molar-refractivity contribution in [2.24, 2.45) is 0 Å². The normalized spacial score (nSPS) is 14.7. The summed E-state index contributed by atoms with van der Waals surface area (Å²) in [6.07, 6.45) is 4.90. The maximum atomic E-state index is 13.1. The Morgan fingerprint density at radius 3 is 2.68 bits per heavy atom. The average Bonchev–Trinajstić information content (AvgIpc) is 3.19. The third-order valence-electron chi connectivity index (χ3n) is 5.12. The van der Waals surface area contributed by atoms with Gasteiger partial charge in [0.05, 0.1) is 22.8 Å². The molecule has 2 aromatic heterocycles. The molecule has 4 rings (SSSR count). The molecule has 0 aliphatic carbocycles. The molecule has 0 unspecified atom stereocenters. The average molecular weight is 431 g/mol. The number of nitrogens with zero attached hydrogens (tertiary/aromatic N) is 3. The number of ether oxygens (including phenoxy) is 2. The van der Waals surface area contributed by atoms with Crippen molar-refractivity contribution in [2.75, 3.05) is 23.8 Å². The molecule has 1 amide bonds. The van der Waals surface area contributed by atoms with Crippen LogP contribution in [0.15, 0.2) is 36.7 Å². The SMILES string of the molecule is CCn1ncc2c(NC3CCOCC3)c(C(=O)Nc3ccc(OC(F)F)cc3)cnc21. The molecule has 0 bridgehead atoms. The van der Waals surface area contributed by atoms with E-state index in [0.717, 1.165) is 18.2 Å². The van der Waals surface area contributed by atoms with Crippen molar-refractivity contribution in [2.45, 2.75) is 39.0 Å². The topological polar surface area (TPSA) is 90.3 Å². The fourth-order valence-electron chi connectivity index (χ4n) is 3.55. The van der Waals surface area contributed by atoms with Crippen LogP contribution in [-0.4, -0.2) is 46.5 Å². The number of amides is 1. The van der Waals surface area contributed by atoms with E-state index in [4.69, 9.17) is 4.74 Å². The lowest BCUT2D eigenvalue weighted by atomic mass is 10.1. The highest BCUT2D eigenvalue weighted by Gasteiger charge is 2.22. The molecular formula is C21H23F2N5O3. The number of aromatic nitrogens is 3. The fraction of sp³-hybridized carbons (Fsp3) is 0.381. The van der Waals surface area contributed by atoms with Gasteiger partial charge >= 0.3 is 6.61 Å². The highest BCUT2D eigenvalue weighted by Crippen LogP contribution is 2.29. The molecule has 1 aliphatic heterocycles. The summed E-state index contributed by atoms with van der Waals surface area (Å²) < 4.78 is 36.2. The summed E-state index contributed by atoms with van der Waals surface area (Å²) in [7, 11) is 0. The number of fused-ring (bicyclic) bond motifs is 1. The van der Waals surface area contributed by atoms with Gasteiger partial charge in [-0.25, -0.2) is 9.67 Å². The van der Waals surface area contributed by atoms with Crippen LogP contribution in [0.5, 0.6) is 5.75 Å². The first kappa shape index (κ1) is 21.0. The molecule has 8 nitrogen and oxygen atoms in total. The zero-order valence-electron chi connectivity index (χ0n) is 17.0. The van der Waals surface area contributed by atoms with E-state index in [1.165, 1.54) is 30.5 Å². The monoisotopic (exact) mass is 431 g/mol. The predicted molar refractivity (Wildman–Crippen MR) is 112 cm³/mol. The summed E-state index contributed by atoms with van der Waals surface area (Å²) in [4.78, 5) is 17.5. The van der Waals surface area contributed by atoms with Crippen molar-refractivity contribution in [1.82, 2.24) is 14.8 Å². The molecule has 3 aromatic rings. The number of benzene rings is 1. The van der Waals surface area contributed by atoms with E-state index in [9.17, 15) is 13.6 Å². The van der Waals surface area contributed by atoms with Gasteiger partial charge in [0.25, 0.3) is 5.91 Å². The zero-order valence-corrected chi connectivity index (χ0v) is 17.0. The lowest BCUT2D eigenvalue weighted by molar-refractivity contribution is -0.0498. The number of hydrogen-bond acceptors (Lipinski definition) is 6. The first-order valence-corrected chi connectivity index (χ1v) is 10.1. The third-order valence-corrected chi connectivity index (χ3v) is 5.12. The number of rotatable bonds is 7. The van der Waals surface area contributed by atoms with Crippen LogP contribution >= 0.6 is 0 Å². The van der Waals surface area contributed by atoms with E-state index in [2.05, 4.69) is 25.5 Å². The van der Waals surface area contributed by atoms with Crippen LogP contribution < -0.4 is 15.4 Å². The van der Waals surface area contributed by atoms with E-state index in [-0.39, 0.29) is 17.7 Å². The van der Waals surface area contributed by atoms with Gasteiger partial charge < -0.3 is 20.1 Å². The van der Waals surface area contributed by atoms with Crippen LogP contribution in [0.3, 0.4) is 0 Å². The second-order valence-corrected chi connectivity index (χ2v) is 7.13. The molecule has 10 heteroatoms. The molecule has 0 saturated carbocycles. The van der Waals surface area contributed by atoms with E-state index >= 15 is 0 Å². The van der Waals surface area contributed by atoms with E-state index < -0.39 is 6.61 Å².